The van der Waals surface area contributed by atoms with Gasteiger partial charge in [-0.1, -0.05) is 19.4 Å². The molecule has 154 valence electrons. The maximum atomic E-state index is 13.7. The molecule has 4 nitrogen and oxygen atoms in total. The van der Waals surface area contributed by atoms with Gasteiger partial charge in [0.05, 0.1) is 0 Å². The van der Waals surface area contributed by atoms with Gasteiger partial charge in [0.25, 0.3) is 0 Å². The number of hydrogen-bond donors (Lipinski definition) is 2. The Morgan fingerprint density at radius 3 is 2.59 bits per heavy atom. The second-order valence-corrected chi connectivity index (χ2v) is 8.52. The number of nitrogens with one attached hydrogen (secondary N) is 2. The summed E-state index contributed by atoms with van der Waals surface area (Å²) < 4.78 is 39.5. The van der Waals surface area contributed by atoms with Crippen molar-refractivity contribution in [1.82, 2.24) is 10.6 Å². The molecule has 0 spiro atoms. The van der Waals surface area contributed by atoms with Crippen LogP contribution in [-0.2, 0) is 17.2 Å². The van der Waals surface area contributed by atoms with Crippen molar-refractivity contribution in [3.8, 4) is 0 Å². The van der Waals surface area contributed by atoms with Crippen molar-refractivity contribution in [1.29, 1.82) is 0 Å². The van der Waals surface area contributed by atoms with Crippen LogP contribution in [0.2, 0.25) is 0 Å². The molecule has 0 amide bonds. The third-order valence-corrected chi connectivity index (χ3v) is 6.40. The molecule has 1 aliphatic carbocycles. The van der Waals surface area contributed by atoms with Gasteiger partial charge in [0.1, 0.15) is 11.6 Å². The molecule has 2 N–H and O–H groups in total. The van der Waals surface area contributed by atoms with Crippen LogP contribution in [0.1, 0.15) is 45.1 Å². The van der Waals surface area contributed by atoms with Crippen molar-refractivity contribution in [3.63, 3.8) is 0 Å². The Hall–Kier alpha value is -0.770. The fourth-order valence-electron chi connectivity index (χ4n) is 3.31. The average Bonchev–Trinajstić information content (AvgIpc) is 2.64. The molecule has 1 aromatic carbocycles. The van der Waals surface area contributed by atoms with E-state index in [-0.39, 0.29) is 47.3 Å². The van der Waals surface area contributed by atoms with Gasteiger partial charge < -0.3 is 10.6 Å². The fourth-order valence-corrected chi connectivity index (χ4v) is 4.66. The Kier molecular flexibility index (Phi) is 11.4. The third-order valence-electron chi connectivity index (χ3n) is 4.66. The molecule has 0 heterocycles. The number of hydrogen-bond acceptors (Lipinski definition) is 2. The first-order valence-electron chi connectivity index (χ1n) is 9.40. The molecule has 0 bridgehead atoms. The summed E-state index contributed by atoms with van der Waals surface area (Å²) in [5.41, 5.74) is 0.0724. The van der Waals surface area contributed by atoms with Crippen molar-refractivity contribution >= 4 is 40.7 Å². The molecule has 0 saturated heterocycles. The Morgan fingerprint density at radius 1 is 1.26 bits per heavy atom. The molecule has 1 aromatic rings. The second kappa shape index (κ2) is 12.6. The number of aliphatic imine (C=N–C) groups is 1. The van der Waals surface area contributed by atoms with Crippen LogP contribution in [0.5, 0.6) is 0 Å². The number of nitrogens with zero attached hydrogens (tertiary/aromatic N) is 1. The van der Waals surface area contributed by atoms with E-state index in [2.05, 4.69) is 15.6 Å². The normalized spacial score (nSPS) is 21.3. The first kappa shape index (κ1) is 24.3. The maximum Gasteiger partial charge on any atom is 0.191 e. The summed E-state index contributed by atoms with van der Waals surface area (Å²) in [6.45, 7) is 4.94. The van der Waals surface area contributed by atoms with Crippen LogP contribution >= 0.6 is 24.0 Å². The molecule has 1 fully saturated rings. The minimum Gasteiger partial charge on any atom is -0.357 e. The van der Waals surface area contributed by atoms with Gasteiger partial charge in [0.2, 0.25) is 0 Å². The third kappa shape index (κ3) is 7.63. The molecule has 3 atom stereocenters. The quantitative estimate of drug-likeness (QED) is 0.332. The number of rotatable bonds is 7. The highest BCUT2D eigenvalue weighted by molar-refractivity contribution is 14.0. The Morgan fingerprint density at radius 2 is 1.96 bits per heavy atom. The number of guanidine groups is 1. The highest BCUT2D eigenvalue weighted by Crippen LogP contribution is 2.23. The van der Waals surface area contributed by atoms with Crippen LogP contribution in [0.3, 0.4) is 0 Å². The van der Waals surface area contributed by atoms with Crippen molar-refractivity contribution < 1.29 is 13.0 Å². The summed E-state index contributed by atoms with van der Waals surface area (Å²) >= 11 is 0. The monoisotopic (exact) mass is 513 g/mol. The number of benzene rings is 1. The minimum atomic E-state index is -0.772. The smallest absolute Gasteiger partial charge is 0.191 e. The molecule has 3 unspecified atom stereocenters. The van der Waals surface area contributed by atoms with Crippen LogP contribution < -0.4 is 10.6 Å². The zero-order chi connectivity index (χ0) is 18.9. The lowest BCUT2D eigenvalue weighted by Crippen LogP contribution is -2.46. The van der Waals surface area contributed by atoms with Crippen molar-refractivity contribution in [3.05, 3.63) is 35.4 Å². The molecule has 27 heavy (non-hydrogen) atoms. The summed E-state index contributed by atoms with van der Waals surface area (Å²) in [7, 11) is -0.772. The van der Waals surface area contributed by atoms with E-state index < -0.39 is 22.4 Å². The van der Waals surface area contributed by atoms with Crippen LogP contribution in [0, 0.1) is 11.6 Å². The molecular weight excluding hydrogens is 483 g/mol. The van der Waals surface area contributed by atoms with E-state index in [4.69, 9.17) is 0 Å². The molecular formula is C19H30F2IN3OS. The van der Waals surface area contributed by atoms with Crippen LogP contribution in [0.25, 0.3) is 0 Å². The van der Waals surface area contributed by atoms with Crippen molar-refractivity contribution in [2.24, 2.45) is 4.99 Å². The summed E-state index contributed by atoms with van der Waals surface area (Å²) in [5.74, 6) is 0.280. The molecule has 0 radical (unpaired) electrons. The van der Waals surface area contributed by atoms with E-state index in [1.54, 1.807) is 0 Å². The Labute approximate surface area is 180 Å². The van der Waals surface area contributed by atoms with Crippen molar-refractivity contribution in [2.75, 3.05) is 18.8 Å². The molecule has 1 aliphatic rings. The minimum absolute atomic E-state index is 0. The Balaban J connectivity index is 0.00000364. The van der Waals surface area contributed by atoms with Gasteiger partial charge in [0, 0.05) is 46.5 Å². The second-order valence-electron chi connectivity index (χ2n) is 6.51. The van der Waals surface area contributed by atoms with Crippen LogP contribution in [0.4, 0.5) is 8.78 Å². The standard InChI is InChI=1S/C19H29F2N3OS.HI/c1-3-22-19(23-12-11-16-17(20)9-6-10-18(16)21)24-14-7-5-8-15(13-14)26(25)4-2;/h6,9-10,14-15H,3-5,7-8,11-13H2,1-2H3,(H2,22,23,24);1H. The predicted molar refractivity (Wildman–Crippen MR) is 119 cm³/mol. The summed E-state index contributed by atoms with van der Waals surface area (Å²) in [6, 6.07) is 4.12. The fraction of sp³-hybridized carbons (Fsp3) is 0.632. The van der Waals surface area contributed by atoms with E-state index >= 15 is 0 Å². The van der Waals surface area contributed by atoms with Crippen LogP contribution in [-0.4, -0.2) is 40.3 Å². The lowest BCUT2D eigenvalue weighted by molar-refractivity contribution is 0.413. The zero-order valence-electron chi connectivity index (χ0n) is 16.0. The van der Waals surface area contributed by atoms with Gasteiger partial charge >= 0.3 is 0 Å². The van der Waals surface area contributed by atoms with Gasteiger partial charge in [-0.25, -0.2) is 8.78 Å². The van der Waals surface area contributed by atoms with E-state index in [0.717, 1.165) is 25.7 Å². The van der Waals surface area contributed by atoms with E-state index in [9.17, 15) is 13.0 Å². The molecule has 8 heteroatoms. The summed E-state index contributed by atoms with van der Waals surface area (Å²) in [4.78, 5) is 4.46. The zero-order valence-corrected chi connectivity index (χ0v) is 19.1. The Bertz CT molecular complexity index is 625. The van der Waals surface area contributed by atoms with Gasteiger partial charge in [-0.15, -0.1) is 24.0 Å². The van der Waals surface area contributed by atoms with Gasteiger partial charge in [0.15, 0.2) is 5.96 Å². The molecule has 0 aliphatic heterocycles. The maximum absolute atomic E-state index is 13.7. The lowest BCUT2D eigenvalue weighted by atomic mass is 9.95. The first-order valence-corrected chi connectivity index (χ1v) is 10.8. The molecule has 2 rings (SSSR count). The summed E-state index contributed by atoms with van der Waals surface area (Å²) in [5, 5.41) is 6.81. The van der Waals surface area contributed by atoms with E-state index in [1.165, 1.54) is 18.2 Å². The SMILES string of the molecule is CCNC(=NCCc1c(F)cccc1F)NC1CCCC(S(=O)CC)C1.I. The van der Waals surface area contributed by atoms with Gasteiger partial charge in [-0.2, -0.15) is 0 Å². The van der Waals surface area contributed by atoms with Gasteiger partial charge in [-0.3, -0.25) is 9.20 Å². The van der Waals surface area contributed by atoms with Gasteiger partial charge in [-0.05, 0) is 44.7 Å². The first-order chi connectivity index (χ1) is 12.5. The van der Waals surface area contributed by atoms with E-state index in [1.807, 2.05) is 13.8 Å². The largest absolute Gasteiger partial charge is 0.357 e. The van der Waals surface area contributed by atoms with Crippen molar-refractivity contribution in [2.45, 2.75) is 57.2 Å². The molecule has 0 aromatic heterocycles. The highest BCUT2D eigenvalue weighted by atomic mass is 127. The lowest BCUT2D eigenvalue weighted by Gasteiger charge is -2.30. The highest BCUT2D eigenvalue weighted by Gasteiger charge is 2.26. The topological polar surface area (TPSA) is 53.5 Å². The summed E-state index contributed by atoms with van der Waals surface area (Å²) in [6.07, 6.45) is 4.16. The number of halogens is 3. The van der Waals surface area contributed by atoms with E-state index in [0.29, 0.717) is 24.8 Å². The van der Waals surface area contributed by atoms with Crippen LogP contribution in [0.15, 0.2) is 23.2 Å². The molecule has 1 saturated carbocycles. The average molecular weight is 513 g/mol. The predicted octanol–water partition coefficient (Wildman–Crippen LogP) is 3.76.